The van der Waals surface area contributed by atoms with Gasteiger partial charge in [0.1, 0.15) is 0 Å². The van der Waals surface area contributed by atoms with E-state index in [0.717, 1.165) is 51.4 Å². The van der Waals surface area contributed by atoms with Gasteiger partial charge in [-0.2, -0.15) is 0 Å². The van der Waals surface area contributed by atoms with Crippen LogP contribution in [-0.4, -0.2) is 63.2 Å². The molecule has 1 unspecified atom stereocenters. The van der Waals surface area contributed by atoms with Crippen molar-refractivity contribution in [1.82, 2.24) is 15.5 Å². The Bertz CT molecular complexity index is 775. The van der Waals surface area contributed by atoms with Crippen molar-refractivity contribution in [2.45, 2.75) is 31.7 Å². The van der Waals surface area contributed by atoms with Gasteiger partial charge in [-0.3, -0.25) is 4.99 Å². The molecule has 7 heteroatoms. The van der Waals surface area contributed by atoms with Gasteiger partial charge in [-0.05, 0) is 61.2 Å². The van der Waals surface area contributed by atoms with Gasteiger partial charge in [-0.15, -0.1) is 35.3 Å². The molecule has 2 aliphatic rings. The molecular formula is C24H36IN5S. The Morgan fingerprint density at radius 2 is 1.87 bits per heavy atom. The molecule has 2 aromatic rings. The van der Waals surface area contributed by atoms with E-state index in [1.807, 2.05) is 18.4 Å². The average Bonchev–Trinajstić information content (AvgIpc) is 3.49. The summed E-state index contributed by atoms with van der Waals surface area (Å²) in [4.78, 5) is 9.58. The lowest BCUT2D eigenvalue weighted by atomic mass is 10.1. The maximum Gasteiger partial charge on any atom is 0.191 e. The Hall–Kier alpha value is -1.32. The second-order valence-electron chi connectivity index (χ2n) is 8.50. The normalized spacial score (nSPS) is 20.5. The lowest BCUT2D eigenvalue weighted by molar-refractivity contribution is 0.328. The topological polar surface area (TPSA) is 42.9 Å². The second kappa shape index (κ2) is 12.6. The Morgan fingerprint density at radius 3 is 2.58 bits per heavy atom. The fourth-order valence-electron chi connectivity index (χ4n) is 4.54. The first-order chi connectivity index (χ1) is 14.8. The van der Waals surface area contributed by atoms with Gasteiger partial charge < -0.3 is 20.4 Å². The maximum atomic E-state index is 4.48. The number of halogens is 1. The lowest BCUT2D eigenvalue weighted by Crippen LogP contribution is -2.49. The monoisotopic (exact) mass is 553 g/mol. The number of likely N-dealkylation sites (tertiary alicyclic amines) is 1. The summed E-state index contributed by atoms with van der Waals surface area (Å²) in [5.74, 6) is 1.67. The summed E-state index contributed by atoms with van der Waals surface area (Å²) in [5.41, 5.74) is 1.44. The standard InChI is InChI=1S/C24H35N5S.HI/c1-25-24(27-22-11-15-29(16-12-22)23-8-5-17-30-23)26-18-21-10-14-28(19-21)13-9-20-6-3-2-4-7-20;/h2-8,17,21-22H,9-16,18-19H2,1H3,(H2,25,26,27);1H. The SMILES string of the molecule is CN=C(NCC1CCN(CCc2ccccc2)C1)NC1CCN(c2cccs2)CC1.I. The summed E-state index contributed by atoms with van der Waals surface area (Å²) in [6, 6.07) is 15.7. The molecule has 31 heavy (non-hydrogen) atoms. The van der Waals surface area contributed by atoms with Crippen molar-refractivity contribution in [3.8, 4) is 0 Å². The molecule has 2 N–H and O–H groups in total. The van der Waals surface area contributed by atoms with Gasteiger partial charge in [0.2, 0.25) is 0 Å². The summed E-state index contributed by atoms with van der Waals surface area (Å²) in [6.45, 7) is 6.82. The van der Waals surface area contributed by atoms with Crippen LogP contribution in [0.5, 0.6) is 0 Å². The van der Waals surface area contributed by atoms with Gasteiger partial charge >= 0.3 is 0 Å². The van der Waals surface area contributed by atoms with Crippen LogP contribution in [0.1, 0.15) is 24.8 Å². The minimum Gasteiger partial charge on any atom is -0.363 e. The van der Waals surface area contributed by atoms with E-state index >= 15 is 0 Å². The molecule has 2 aliphatic heterocycles. The van der Waals surface area contributed by atoms with Crippen LogP contribution in [0.2, 0.25) is 0 Å². The Kier molecular flexibility index (Phi) is 9.93. The van der Waals surface area contributed by atoms with E-state index in [0.29, 0.717) is 12.0 Å². The van der Waals surface area contributed by atoms with Gasteiger partial charge in [0, 0.05) is 45.8 Å². The molecule has 3 heterocycles. The first-order valence-corrected chi connectivity index (χ1v) is 12.2. The van der Waals surface area contributed by atoms with E-state index in [4.69, 9.17) is 0 Å². The van der Waals surface area contributed by atoms with Crippen LogP contribution in [0.3, 0.4) is 0 Å². The molecule has 170 valence electrons. The predicted octanol–water partition coefficient (Wildman–Crippen LogP) is 4.06. The molecule has 4 rings (SSSR count). The number of rotatable bonds is 7. The third-order valence-corrected chi connectivity index (χ3v) is 7.29. The summed E-state index contributed by atoms with van der Waals surface area (Å²) in [5, 5.41) is 10.8. The zero-order valence-electron chi connectivity index (χ0n) is 18.5. The quantitative estimate of drug-likeness (QED) is 0.309. The zero-order valence-corrected chi connectivity index (χ0v) is 21.6. The highest BCUT2D eigenvalue weighted by Gasteiger charge is 2.24. The van der Waals surface area contributed by atoms with Gasteiger partial charge in [0.15, 0.2) is 5.96 Å². The van der Waals surface area contributed by atoms with E-state index in [1.54, 1.807) is 0 Å². The first-order valence-electron chi connectivity index (χ1n) is 11.3. The van der Waals surface area contributed by atoms with Crippen LogP contribution in [0.25, 0.3) is 0 Å². The van der Waals surface area contributed by atoms with E-state index in [2.05, 4.69) is 73.3 Å². The molecule has 1 aromatic carbocycles. The van der Waals surface area contributed by atoms with Crippen LogP contribution in [0.4, 0.5) is 5.00 Å². The minimum atomic E-state index is 0. The third-order valence-electron chi connectivity index (χ3n) is 6.36. The number of hydrogen-bond acceptors (Lipinski definition) is 4. The summed E-state index contributed by atoms with van der Waals surface area (Å²) in [6.07, 6.45) is 4.75. The number of hydrogen-bond donors (Lipinski definition) is 2. The zero-order chi connectivity index (χ0) is 20.6. The van der Waals surface area contributed by atoms with Gasteiger partial charge in [-0.25, -0.2) is 0 Å². The van der Waals surface area contributed by atoms with E-state index < -0.39 is 0 Å². The number of benzene rings is 1. The van der Waals surface area contributed by atoms with Crippen molar-refractivity contribution in [2.75, 3.05) is 51.2 Å². The summed E-state index contributed by atoms with van der Waals surface area (Å²) in [7, 11) is 1.89. The molecule has 1 atom stereocenters. The number of thiophene rings is 1. The van der Waals surface area contributed by atoms with Crippen molar-refractivity contribution in [3.05, 3.63) is 53.4 Å². The van der Waals surface area contributed by atoms with Crippen molar-refractivity contribution >= 4 is 46.3 Å². The predicted molar refractivity (Wildman–Crippen MR) is 144 cm³/mol. The molecule has 0 radical (unpaired) electrons. The number of anilines is 1. The number of nitrogens with zero attached hydrogens (tertiary/aromatic N) is 3. The average molecular weight is 554 g/mol. The number of guanidine groups is 1. The largest absolute Gasteiger partial charge is 0.363 e. The highest BCUT2D eigenvalue weighted by molar-refractivity contribution is 14.0. The van der Waals surface area contributed by atoms with E-state index in [9.17, 15) is 0 Å². The first kappa shape index (κ1) is 24.3. The fraction of sp³-hybridized carbons (Fsp3) is 0.542. The molecule has 0 saturated carbocycles. The fourth-order valence-corrected chi connectivity index (χ4v) is 5.32. The van der Waals surface area contributed by atoms with E-state index in [-0.39, 0.29) is 24.0 Å². The molecule has 0 spiro atoms. The molecule has 1 aromatic heterocycles. The maximum absolute atomic E-state index is 4.48. The highest BCUT2D eigenvalue weighted by atomic mass is 127. The Labute approximate surface area is 208 Å². The summed E-state index contributed by atoms with van der Waals surface area (Å²) < 4.78 is 0. The second-order valence-corrected chi connectivity index (χ2v) is 9.43. The lowest BCUT2D eigenvalue weighted by Gasteiger charge is -2.33. The van der Waals surface area contributed by atoms with Crippen molar-refractivity contribution in [1.29, 1.82) is 0 Å². The molecule has 0 amide bonds. The Morgan fingerprint density at radius 1 is 1.06 bits per heavy atom. The molecule has 2 saturated heterocycles. The van der Waals surface area contributed by atoms with Crippen LogP contribution in [0, 0.1) is 5.92 Å². The Balaban J connectivity index is 0.00000272. The van der Waals surface area contributed by atoms with Crippen LogP contribution >= 0.6 is 35.3 Å². The minimum absolute atomic E-state index is 0. The van der Waals surface area contributed by atoms with Crippen LogP contribution < -0.4 is 15.5 Å². The molecule has 5 nitrogen and oxygen atoms in total. The molecule has 2 fully saturated rings. The number of aliphatic imine (C=N–C) groups is 1. The van der Waals surface area contributed by atoms with Gasteiger partial charge in [0.05, 0.1) is 5.00 Å². The van der Waals surface area contributed by atoms with Crippen molar-refractivity contribution in [3.63, 3.8) is 0 Å². The molecular weight excluding hydrogens is 517 g/mol. The number of nitrogens with one attached hydrogen (secondary N) is 2. The third kappa shape index (κ3) is 7.36. The van der Waals surface area contributed by atoms with Crippen molar-refractivity contribution < 1.29 is 0 Å². The van der Waals surface area contributed by atoms with E-state index in [1.165, 1.54) is 30.1 Å². The molecule has 0 aliphatic carbocycles. The van der Waals surface area contributed by atoms with Gasteiger partial charge in [0.25, 0.3) is 0 Å². The van der Waals surface area contributed by atoms with Gasteiger partial charge in [-0.1, -0.05) is 30.3 Å². The van der Waals surface area contributed by atoms with Crippen molar-refractivity contribution in [2.24, 2.45) is 10.9 Å². The van der Waals surface area contributed by atoms with Crippen LogP contribution in [-0.2, 0) is 6.42 Å². The van der Waals surface area contributed by atoms with Crippen LogP contribution in [0.15, 0.2) is 52.8 Å². The summed E-state index contributed by atoms with van der Waals surface area (Å²) >= 11 is 1.84. The highest BCUT2D eigenvalue weighted by Crippen LogP contribution is 2.24. The number of piperidine rings is 1. The smallest absolute Gasteiger partial charge is 0.191 e. The molecule has 0 bridgehead atoms.